The van der Waals surface area contributed by atoms with Crippen molar-refractivity contribution in [1.29, 1.82) is 0 Å². The van der Waals surface area contributed by atoms with Crippen molar-refractivity contribution in [2.75, 3.05) is 4.90 Å². The largest absolute Gasteiger partial charge is 0.419 e. The lowest BCUT2D eigenvalue weighted by atomic mass is 10.0. The monoisotopic (exact) mass is 413 g/mol. The van der Waals surface area contributed by atoms with E-state index in [1.54, 1.807) is 6.20 Å². The summed E-state index contributed by atoms with van der Waals surface area (Å²) in [6.45, 7) is 0. The summed E-state index contributed by atoms with van der Waals surface area (Å²) in [5.74, 6) is 0. The number of hydrogen-bond donors (Lipinski definition) is 0. The van der Waals surface area contributed by atoms with Crippen LogP contribution in [0.3, 0.4) is 0 Å². The molecule has 3 aromatic heterocycles. The van der Waals surface area contributed by atoms with E-state index in [9.17, 15) is 0 Å². The topological polar surface area (TPSA) is 42.2 Å². The van der Waals surface area contributed by atoms with Crippen LogP contribution in [0, 0.1) is 0 Å². The summed E-state index contributed by atoms with van der Waals surface area (Å²) < 4.78 is 5.79. The lowest BCUT2D eigenvalue weighted by Gasteiger charge is -2.25. The van der Waals surface area contributed by atoms with Crippen LogP contribution in [0.2, 0.25) is 0 Å². The van der Waals surface area contributed by atoms with Gasteiger partial charge in [0.2, 0.25) is 11.4 Å². The summed E-state index contributed by atoms with van der Waals surface area (Å²) in [6, 6.07) is 35.4. The van der Waals surface area contributed by atoms with E-state index in [2.05, 4.69) is 93.7 Å². The van der Waals surface area contributed by atoms with Crippen molar-refractivity contribution in [2.24, 2.45) is 0 Å². The summed E-state index contributed by atoms with van der Waals surface area (Å²) in [6.07, 6.45) is 3.59. The van der Waals surface area contributed by atoms with Crippen molar-refractivity contribution in [2.45, 2.75) is 0 Å². The normalized spacial score (nSPS) is 11.1. The Morgan fingerprint density at radius 3 is 1.97 bits per heavy atom. The van der Waals surface area contributed by atoms with Crippen molar-refractivity contribution in [3.05, 3.63) is 116 Å². The molecule has 6 rings (SSSR count). The number of aromatic nitrogens is 2. The first-order valence-corrected chi connectivity index (χ1v) is 10.5. The first-order chi connectivity index (χ1) is 15.9. The van der Waals surface area contributed by atoms with Crippen LogP contribution in [0.4, 0.5) is 17.1 Å². The third kappa shape index (κ3) is 3.19. The molecule has 3 aromatic carbocycles. The zero-order valence-corrected chi connectivity index (χ0v) is 17.2. The minimum absolute atomic E-state index is 0.605. The highest BCUT2D eigenvalue weighted by Crippen LogP contribution is 2.37. The number of nitrogens with zero attached hydrogens (tertiary/aromatic N) is 3. The molecule has 0 bridgehead atoms. The van der Waals surface area contributed by atoms with Gasteiger partial charge in [0.25, 0.3) is 0 Å². The standard InChI is InChI=1S/C28H19N3O/c1-3-10-22(11-4-1)31(23-12-5-2-6-13-23)24-14-7-9-20(17-24)21-18-26-25-15-8-16-29-27(25)32-28(26)30-19-21/h1-19H. The van der Waals surface area contributed by atoms with Crippen LogP contribution in [0.25, 0.3) is 33.3 Å². The molecular formula is C28H19N3O. The Balaban J connectivity index is 1.49. The Labute approximate surface area is 185 Å². The van der Waals surface area contributed by atoms with E-state index in [1.165, 1.54) is 0 Å². The summed E-state index contributed by atoms with van der Waals surface area (Å²) in [5.41, 5.74) is 6.64. The number of rotatable bonds is 4. The molecule has 3 heterocycles. The van der Waals surface area contributed by atoms with Crippen LogP contribution in [0.15, 0.2) is 120 Å². The molecule has 0 atom stereocenters. The molecular weight excluding hydrogens is 394 g/mol. The lowest BCUT2D eigenvalue weighted by molar-refractivity contribution is 0.640. The molecule has 0 unspecified atom stereocenters. The number of pyridine rings is 2. The van der Waals surface area contributed by atoms with Gasteiger partial charge in [-0.1, -0.05) is 48.5 Å². The molecule has 0 radical (unpaired) electrons. The number of para-hydroxylation sites is 2. The molecule has 0 saturated heterocycles. The molecule has 32 heavy (non-hydrogen) atoms. The van der Waals surface area contributed by atoms with Gasteiger partial charge in [-0.15, -0.1) is 0 Å². The Bertz CT molecular complexity index is 1490. The van der Waals surface area contributed by atoms with Crippen LogP contribution in [-0.4, -0.2) is 9.97 Å². The summed E-state index contributed by atoms with van der Waals surface area (Å²) in [4.78, 5) is 11.1. The molecule has 0 saturated carbocycles. The van der Waals surface area contributed by atoms with Gasteiger partial charge in [-0.3, -0.25) is 0 Å². The Morgan fingerprint density at radius 1 is 0.531 bits per heavy atom. The van der Waals surface area contributed by atoms with Crippen LogP contribution < -0.4 is 4.90 Å². The van der Waals surface area contributed by atoms with Crippen molar-refractivity contribution in [3.63, 3.8) is 0 Å². The number of anilines is 3. The number of fused-ring (bicyclic) bond motifs is 3. The summed E-state index contributed by atoms with van der Waals surface area (Å²) in [7, 11) is 0. The van der Waals surface area contributed by atoms with Crippen LogP contribution in [-0.2, 0) is 0 Å². The maximum Gasteiger partial charge on any atom is 0.229 e. The molecule has 4 heteroatoms. The third-order valence-electron chi connectivity index (χ3n) is 5.57. The first kappa shape index (κ1) is 18.3. The van der Waals surface area contributed by atoms with Gasteiger partial charge < -0.3 is 9.32 Å². The van der Waals surface area contributed by atoms with E-state index >= 15 is 0 Å². The second-order valence-corrected chi connectivity index (χ2v) is 7.59. The molecule has 0 fully saturated rings. The van der Waals surface area contributed by atoms with Crippen molar-refractivity contribution < 1.29 is 4.42 Å². The highest BCUT2D eigenvalue weighted by atomic mass is 16.3. The SMILES string of the molecule is c1ccc(N(c2ccccc2)c2cccc(-c3cnc4oc5ncccc5c4c3)c2)cc1. The molecule has 6 aromatic rings. The van der Waals surface area contributed by atoms with E-state index in [0.717, 1.165) is 39.0 Å². The Hall–Kier alpha value is -4.44. The lowest BCUT2D eigenvalue weighted by Crippen LogP contribution is -2.09. The maximum absolute atomic E-state index is 5.79. The molecule has 4 nitrogen and oxygen atoms in total. The molecule has 0 N–H and O–H groups in total. The van der Waals surface area contributed by atoms with E-state index in [0.29, 0.717) is 11.4 Å². The highest BCUT2D eigenvalue weighted by Gasteiger charge is 2.14. The molecule has 0 aliphatic heterocycles. The fraction of sp³-hybridized carbons (Fsp3) is 0. The Morgan fingerprint density at radius 2 is 1.22 bits per heavy atom. The fourth-order valence-corrected chi connectivity index (χ4v) is 4.08. The van der Waals surface area contributed by atoms with E-state index in [4.69, 9.17) is 4.42 Å². The van der Waals surface area contributed by atoms with Gasteiger partial charge in [-0.25, -0.2) is 9.97 Å². The zero-order chi connectivity index (χ0) is 21.3. The molecule has 0 amide bonds. The smallest absolute Gasteiger partial charge is 0.229 e. The van der Waals surface area contributed by atoms with Crippen LogP contribution >= 0.6 is 0 Å². The predicted molar refractivity (Wildman–Crippen MR) is 129 cm³/mol. The van der Waals surface area contributed by atoms with Crippen LogP contribution in [0.1, 0.15) is 0 Å². The van der Waals surface area contributed by atoms with Gasteiger partial charge >= 0.3 is 0 Å². The second-order valence-electron chi connectivity index (χ2n) is 7.59. The van der Waals surface area contributed by atoms with Gasteiger partial charge in [0, 0.05) is 40.4 Å². The number of furan rings is 1. The van der Waals surface area contributed by atoms with Gasteiger partial charge in [0.1, 0.15) is 0 Å². The number of benzene rings is 3. The minimum atomic E-state index is 0.605. The third-order valence-corrected chi connectivity index (χ3v) is 5.57. The zero-order valence-electron chi connectivity index (χ0n) is 17.2. The average Bonchev–Trinajstić information content (AvgIpc) is 3.24. The molecule has 0 aliphatic rings. The molecule has 0 spiro atoms. The minimum Gasteiger partial charge on any atom is -0.419 e. The van der Waals surface area contributed by atoms with E-state index < -0.39 is 0 Å². The van der Waals surface area contributed by atoms with Gasteiger partial charge in [0.05, 0.1) is 5.39 Å². The van der Waals surface area contributed by atoms with Crippen LogP contribution in [0.5, 0.6) is 0 Å². The molecule has 0 aliphatic carbocycles. The quantitative estimate of drug-likeness (QED) is 0.300. The van der Waals surface area contributed by atoms with Crippen molar-refractivity contribution >= 4 is 39.3 Å². The van der Waals surface area contributed by atoms with E-state index in [-0.39, 0.29) is 0 Å². The fourth-order valence-electron chi connectivity index (χ4n) is 4.08. The maximum atomic E-state index is 5.79. The van der Waals surface area contributed by atoms with Gasteiger partial charge in [-0.2, -0.15) is 0 Å². The summed E-state index contributed by atoms with van der Waals surface area (Å²) in [5, 5.41) is 1.95. The average molecular weight is 413 g/mol. The Kier molecular flexibility index (Phi) is 4.40. The van der Waals surface area contributed by atoms with Crippen molar-refractivity contribution in [1.82, 2.24) is 9.97 Å². The number of hydrogen-bond acceptors (Lipinski definition) is 4. The van der Waals surface area contributed by atoms with Gasteiger partial charge in [0.15, 0.2) is 0 Å². The first-order valence-electron chi connectivity index (χ1n) is 10.5. The molecule has 152 valence electrons. The van der Waals surface area contributed by atoms with E-state index in [1.807, 2.05) is 30.5 Å². The summed E-state index contributed by atoms with van der Waals surface area (Å²) >= 11 is 0. The predicted octanol–water partition coefficient (Wildman–Crippen LogP) is 7.51. The van der Waals surface area contributed by atoms with Crippen molar-refractivity contribution in [3.8, 4) is 11.1 Å². The van der Waals surface area contributed by atoms with Gasteiger partial charge in [-0.05, 0) is 60.2 Å². The second kappa shape index (κ2) is 7.67. The highest BCUT2D eigenvalue weighted by molar-refractivity contribution is 6.03.